The first-order valence-corrected chi connectivity index (χ1v) is 5.78. The standard InChI is InChI=1S/C5H11O3P.H3O3P/c1-5(2)3-7-9(6)8-4-5;1-4(2)3/h6H,3-4H2,1-2H3;1-3H. The van der Waals surface area contributed by atoms with Gasteiger partial charge in [-0.25, -0.2) is 0 Å². The van der Waals surface area contributed by atoms with Crippen molar-refractivity contribution in [3.05, 3.63) is 0 Å². The fraction of sp³-hybridized carbons (Fsp3) is 1.00. The minimum absolute atomic E-state index is 0.0710. The maximum absolute atomic E-state index is 8.76. The first kappa shape index (κ1) is 13.6. The van der Waals surface area contributed by atoms with Crippen LogP contribution in [-0.4, -0.2) is 32.8 Å². The Balaban J connectivity index is 0.000000310. The highest BCUT2D eigenvalue weighted by atomic mass is 31.2. The van der Waals surface area contributed by atoms with Crippen LogP contribution in [0, 0.1) is 5.41 Å². The average molecular weight is 232 g/mol. The molecule has 8 heteroatoms. The van der Waals surface area contributed by atoms with Crippen molar-refractivity contribution in [2.45, 2.75) is 13.8 Å². The topological polar surface area (TPSA) is 99.4 Å². The summed E-state index contributed by atoms with van der Waals surface area (Å²) in [6.45, 7) is 5.26. The predicted molar refractivity (Wildman–Crippen MR) is 48.4 cm³/mol. The lowest BCUT2D eigenvalue weighted by Gasteiger charge is -2.30. The van der Waals surface area contributed by atoms with E-state index in [1.54, 1.807) is 0 Å². The van der Waals surface area contributed by atoms with Gasteiger partial charge in [-0.05, 0) is 0 Å². The second kappa shape index (κ2) is 6.17. The summed E-state index contributed by atoms with van der Waals surface area (Å²) >= 11 is 0. The van der Waals surface area contributed by atoms with Crippen molar-refractivity contribution in [1.29, 1.82) is 0 Å². The average Bonchev–Trinajstić information content (AvgIpc) is 1.95. The summed E-state index contributed by atoms with van der Waals surface area (Å²) in [6.07, 6.45) is 0. The van der Waals surface area contributed by atoms with Crippen molar-refractivity contribution in [3.8, 4) is 0 Å². The Morgan fingerprint density at radius 2 is 1.46 bits per heavy atom. The Bertz CT molecular complexity index is 128. The lowest BCUT2D eigenvalue weighted by Crippen LogP contribution is -2.27. The monoisotopic (exact) mass is 232 g/mol. The van der Waals surface area contributed by atoms with Gasteiger partial charge in [0.2, 0.25) is 0 Å². The molecule has 0 saturated carbocycles. The lowest BCUT2D eigenvalue weighted by atomic mass is 9.97. The van der Waals surface area contributed by atoms with Crippen LogP contribution in [0.5, 0.6) is 0 Å². The molecule has 0 unspecified atom stereocenters. The van der Waals surface area contributed by atoms with Crippen LogP contribution in [0.25, 0.3) is 0 Å². The van der Waals surface area contributed by atoms with Gasteiger partial charge in [0.1, 0.15) is 0 Å². The molecule has 1 heterocycles. The highest BCUT2D eigenvalue weighted by molar-refractivity contribution is 7.40. The second-order valence-corrected chi connectivity index (χ2v) is 4.75. The smallest absolute Gasteiger partial charge is 0.328 e. The summed E-state index contributed by atoms with van der Waals surface area (Å²) < 4.78 is 9.78. The van der Waals surface area contributed by atoms with Gasteiger partial charge in [-0.2, -0.15) is 0 Å². The highest BCUT2D eigenvalue weighted by Crippen LogP contribution is 2.41. The first-order valence-electron chi connectivity index (χ1n) is 3.45. The fourth-order valence-corrected chi connectivity index (χ4v) is 1.53. The molecule has 0 aliphatic carbocycles. The summed E-state index contributed by atoms with van der Waals surface area (Å²) in [5, 5.41) is 0. The first-order chi connectivity index (χ1) is 5.83. The Hall–Kier alpha value is 0.620. The van der Waals surface area contributed by atoms with Crippen LogP contribution in [0.4, 0.5) is 0 Å². The summed E-state index contributed by atoms with van der Waals surface area (Å²) in [6, 6.07) is 0. The van der Waals surface area contributed by atoms with Crippen LogP contribution in [0.3, 0.4) is 0 Å². The molecule has 80 valence electrons. The minimum atomic E-state index is -2.62. The van der Waals surface area contributed by atoms with Crippen LogP contribution in [-0.2, 0) is 9.05 Å². The van der Waals surface area contributed by atoms with Crippen LogP contribution in [0.1, 0.15) is 13.8 Å². The molecule has 0 amide bonds. The molecule has 0 aromatic heterocycles. The van der Waals surface area contributed by atoms with Crippen molar-refractivity contribution in [3.63, 3.8) is 0 Å². The van der Waals surface area contributed by atoms with Crippen LogP contribution < -0.4 is 0 Å². The predicted octanol–water partition coefficient (Wildman–Crippen LogP) is 0.469. The van der Waals surface area contributed by atoms with Gasteiger partial charge in [-0.3, -0.25) is 0 Å². The number of rotatable bonds is 0. The van der Waals surface area contributed by atoms with Crippen molar-refractivity contribution in [1.82, 2.24) is 0 Å². The van der Waals surface area contributed by atoms with Gasteiger partial charge in [0, 0.05) is 5.41 Å². The minimum Gasteiger partial charge on any atom is -0.328 e. The molecule has 0 atom stereocenters. The van der Waals surface area contributed by atoms with E-state index in [9.17, 15) is 0 Å². The number of hydrogen-bond donors (Lipinski definition) is 4. The molecule has 1 aliphatic rings. The van der Waals surface area contributed by atoms with Gasteiger partial charge in [0.25, 0.3) is 0 Å². The van der Waals surface area contributed by atoms with E-state index in [2.05, 4.69) is 0 Å². The van der Waals surface area contributed by atoms with Crippen molar-refractivity contribution in [2.24, 2.45) is 5.41 Å². The number of hydrogen-bond acceptors (Lipinski definition) is 6. The quantitative estimate of drug-likeness (QED) is 0.453. The van der Waals surface area contributed by atoms with Gasteiger partial charge in [-0.15, -0.1) is 0 Å². The maximum atomic E-state index is 8.76. The van der Waals surface area contributed by atoms with E-state index < -0.39 is 17.2 Å². The maximum Gasteiger partial charge on any atom is 0.329 e. The van der Waals surface area contributed by atoms with Crippen molar-refractivity contribution >= 4 is 17.2 Å². The molecular formula is C5H14O6P2. The summed E-state index contributed by atoms with van der Waals surface area (Å²) in [4.78, 5) is 30.5. The molecule has 0 aromatic rings. The zero-order valence-corrected chi connectivity index (χ0v) is 9.20. The Morgan fingerprint density at radius 1 is 1.15 bits per heavy atom. The third kappa shape index (κ3) is 8.94. The third-order valence-corrected chi connectivity index (χ3v) is 1.83. The molecule has 0 aromatic carbocycles. The van der Waals surface area contributed by atoms with Gasteiger partial charge in [0.05, 0.1) is 13.2 Å². The van der Waals surface area contributed by atoms with E-state index in [0.29, 0.717) is 13.2 Å². The van der Waals surface area contributed by atoms with Crippen molar-refractivity contribution in [2.75, 3.05) is 13.2 Å². The van der Waals surface area contributed by atoms with Crippen molar-refractivity contribution < 1.29 is 28.6 Å². The Kier molecular flexibility index (Phi) is 6.46. The zero-order chi connectivity index (χ0) is 10.5. The fourth-order valence-electron chi connectivity index (χ4n) is 0.539. The van der Waals surface area contributed by atoms with E-state index in [-0.39, 0.29) is 5.41 Å². The van der Waals surface area contributed by atoms with E-state index >= 15 is 0 Å². The molecule has 4 N–H and O–H groups in total. The van der Waals surface area contributed by atoms with E-state index in [1.807, 2.05) is 13.8 Å². The van der Waals surface area contributed by atoms with E-state index in [1.165, 1.54) is 0 Å². The summed E-state index contributed by atoms with van der Waals surface area (Å²) in [5.41, 5.74) is 0.0710. The largest absolute Gasteiger partial charge is 0.329 e. The van der Waals surface area contributed by atoms with Gasteiger partial charge in [-0.1, -0.05) is 13.8 Å². The lowest BCUT2D eigenvalue weighted by molar-refractivity contribution is 0.0399. The normalized spacial score (nSPS) is 22.4. The summed E-state index contributed by atoms with van der Waals surface area (Å²) in [7, 11) is -4.17. The molecule has 0 spiro atoms. The SMILES string of the molecule is CC1(C)COP(O)OC1.OP(O)O. The van der Waals surface area contributed by atoms with Gasteiger partial charge >= 0.3 is 17.2 Å². The Labute approximate surface area is 79.1 Å². The molecule has 1 aliphatic heterocycles. The molecule has 0 bridgehead atoms. The summed E-state index contributed by atoms with van der Waals surface area (Å²) in [5.74, 6) is 0. The van der Waals surface area contributed by atoms with Gasteiger partial charge in [0.15, 0.2) is 0 Å². The molecule has 13 heavy (non-hydrogen) atoms. The van der Waals surface area contributed by atoms with E-state index in [4.69, 9.17) is 28.6 Å². The molecule has 1 fully saturated rings. The molecular weight excluding hydrogens is 218 g/mol. The van der Waals surface area contributed by atoms with Gasteiger partial charge < -0.3 is 28.6 Å². The highest BCUT2D eigenvalue weighted by Gasteiger charge is 2.27. The third-order valence-electron chi connectivity index (χ3n) is 1.13. The molecule has 6 nitrogen and oxygen atoms in total. The van der Waals surface area contributed by atoms with Crippen LogP contribution in [0.15, 0.2) is 0 Å². The van der Waals surface area contributed by atoms with Crippen LogP contribution >= 0.6 is 17.2 Å². The molecule has 1 rings (SSSR count). The molecule has 1 saturated heterocycles. The molecule has 0 radical (unpaired) electrons. The van der Waals surface area contributed by atoms with Crippen LogP contribution in [0.2, 0.25) is 0 Å². The second-order valence-electron chi connectivity index (χ2n) is 3.22. The zero-order valence-electron chi connectivity index (χ0n) is 7.41. The Morgan fingerprint density at radius 3 is 1.69 bits per heavy atom. The van der Waals surface area contributed by atoms with E-state index in [0.717, 1.165) is 0 Å².